The van der Waals surface area contributed by atoms with E-state index in [9.17, 15) is 9.59 Å². The van der Waals surface area contributed by atoms with Crippen molar-refractivity contribution in [2.75, 3.05) is 18.9 Å². The van der Waals surface area contributed by atoms with Gasteiger partial charge in [-0.05, 0) is 32.1 Å². The van der Waals surface area contributed by atoms with Gasteiger partial charge in [0.1, 0.15) is 17.3 Å². The quantitative estimate of drug-likeness (QED) is 0.853. The van der Waals surface area contributed by atoms with Crippen molar-refractivity contribution in [1.82, 2.24) is 10.1 Å². The van der Waals surface area contributed by atoms with Gasteiger partial charge in [0.25, 0.3) is 0 Å². The number of hydrogen-bond donors (Lipinski definition) is 1. The Hall–Kier alpha value is -2.83. The van der Waals surface area contributed by atoms with Crippen molar-refractivity contribution >= 4 is 23.7 Å². The van der Waals surface area contributed by atoms with Crippen LogP contribution in [0.1, 0.15) is 17.3 Å². The average Bonchev–Trinajstić information content (AvgIpc) is 3.04. The van der Waals surface area contributed by atoms with Crippen molar-refractivity contribution in [2.24, 2.45) is 0 Å². The molecule has 7 nitrogen and oxygen atoms in total. The normalized spacial score (nSPS) is 10.9. The summed E-state index contributed by atoms with van der Waals surface area (Å²) in [6.07, 6.45) is 2.91. The number of likely N-dealkylation sites (N-methyl/N-ethyl adjacent to an activating group) is 1. The van der Waals surface area contributed by atoms with Gasteiger partial charge >= 0.3 is 0 Å². The van der Waals surface area contributed by atoms with Gasteiger partial charge in [0.05, 0.1) is 6.54 Å². The third-order valence-electron chi connectivity index (χ3n) is 2.80. The Morgan fingerprint density at radius 2 is 2.09 bits per heavy atom. The second-order valence-electron chi connectivity index (χ2n) is 4.85. The van der Waals surface area contributed by atoms with Crippen LogP contribution in [-0.2, 0) is 9.59 Å². The maximum Gasteiger partial charge on any atom is 0.246 e. The molecule has 0 atom stereocenters. The van der Waals surface area contributed by atoms with Crippen LogP contribution in [-0.4, -0.2) is 35.5 Å². The Labute approximate surface area is 127 Å². The van der Waals surface area contributed by atoms with Gasteiger partial charge in [0.2, 0.25) is 11.8 Å². The number of anilines is 1. The number of carbonyl (C=O) groups is 2. The van der Waals surface area contributed by atoms with Crippen molar-refractivity contribution in [3.63, 3.8) is 0 Å². The Kier molecular flexibility index (Phi) is 4.77. The molecule has 0 fully saturated rings. The molecule has 116 valence electrons. The molecular formula is C15H17N3O4. The summed E-state index contributed by atoms with van der Waals surface area (Å²) in [5.74, 6) is 1.61. The molecule has 2 aromatic heterocycles. The number of hydrogen-bond acceptors (Lipinski definition) is 5. The number of furan rings is 1. The third kappa shape index (κ3) is 4.34. The molecule has 2 aromatic rings. The topological polar surface area (TPSA) is 88.6 Å². The van der Waals surface area contributed by atoms with Crippen LogP contribution in [0.15, 0.2) is 33.2 Å². The first kappa shape index (κ1) is 15.6. The summed E-state index contributed by atoms with van der Waals surface area (Å²) >= 11 is 0. The number of aryl methyl sites for hydroxylation is 2. The number of amides is 2. The highest BCUT2D eigenvalue weighted by Gasteiger charge is 2.12. The number of aromatic nitrogens is 1. The minimum Gasteiger partial charge on any atom is -0.462 e. The molecule has 0 spiro atoms. The van der Waals surface area contributed by atoms with E-state index in [-0.39, 0.29) is 18.4 Å². The van der Waals surface area contributed by atoms with Gasteiger partial charge in [-0.3, -0.25) is 9.59 Å². The molecule has 0 aliphatic heterocycles. The molecule has 2 heterocycles. The van der Waals surface area contributed by atoms with E-state index in [2.05, 4.69) is 10.5 Å². The van der Waals surface area contributed by atoms with Crippen molar-refractivity contribution in [3.05, 3.63) is 41.6 Å². The van der Waals surface area contributed by atoms with Crippen LogP contribution in [0, 0.1) is 13.8 Å². The molecule has 0 aliphatic rings. The highest BCUT2D eigenvalue weighted by atomic mass is 16.5. The largest absolute Gasteiger partial charge is 0.462 e. The Balaban J connectivity index is 1.85. The fourth-order valence-electron chi connectivity index (χ4n) is 1.72. The van der Waals surface area contributed by atoms with E-state index in [1.54, 1.807) is 31.2 Å². The molecule has 7 heteroatoms. The third-order valence-corrected chi connectivity index (χ3v) is 2.80. The monoisotopic (exact) mass is 303 g/mol. The Morgan fingerprint density at radius 3 is 2.68 bits per heavy atom. The molecule has 2 amide bonds. The number of nitrogens with one attached hydrogen (secondary N) is 1. The van der Waals surface area contributed by atoms with Crippen LogP contribution in [0.3, 0.4) is 0 Å². The number of carbonyl (C=O) groups excluding carboxylic acids is 2. The van der Waals surface area contributed by atoms with Gasteiger partial charge < -0.3 is 19.2 Å². The molecule has 0 saturated carbocycles. The number of rotatable bonds is 5. The van der Waals surface area contributed by atoms with Crippen molar-refractivity contribution in [3.8, 4) is 0 Å². The smallest absolute Gasteiger partial charge is 0.246 e. The van der Waals surface area contributed by atoms with Crippen LogP contribution in [0.2, 0.25) is 0 Å². The predicted octanol–water partition coefficient (Wildman–Crippen LogP) is 1.99. The van der Waals surface area contributed by atoms with Crippen LogP contribution in [0.4, 0.5) is 5.82 Å². The van der Waals surface area contributed by atoms with Gasteiger partial charge in [0, 0.05) is 19.2 Å². The summed E-state index contributed by atoms with van der Waals surface area (Å²) in [4.78, 5) is 25.0. The van der Waals surface area contributed by atoms with Crippen molar-refractivity contribution < 1.29 is 18.5 Å². The first-order valence-electron chi connectivity index (χ1n) is 6.67. The molecule has 0 aromatic carbocycles. The predicted molar refractivity (Wildman–Crippen MR) is 80.0 cm³/mol. The lowest BCUT2D eigenvalue weighted by molar-refractivity contribution is -0.129. The van der Waals surface area contributed by atoms with E-state index < -0.39 is 0 Å². The second kappa shape index (κ2) is 6.75. The lowest BCUT2D eigenvalue weighted by atomic mass is 10.3. The molecule has 0 unspecified atom stereocenters. The Morgan fingerprint density at radius 1 is 1.32 bits per heavy atom. The zero-order valence-corrected chi connectivity index (χ0v) is 12.6. The van der Waals surface area contributed by atoms with E-state index in [1.807, 2.05) is 6.92 Å². The molecule has 0 aliphatic carbocycles. The molecule has 22 heavy (non-hydrogen) atoms. The molecular weight excluding hydrogens is 286 g/mol. The summed E-state index contributed by atoms with van der Waals surface area (Å²) in [7, 11) is 1.54. The first-order chi connectivity index (χ1) is 10.4. The van der Waals surface area contributed by atoms with E-state index in [0.717, 1.165) is 5.76 Å². The van der Waals surface area contributed by atoms with Crippen molar-refractivity contribution in [2.45, 2.75) is 13.8 Å². The zero-order chi connectivity index (χ0) is 16.1. The summed E-state index contributed by atoms with van der Waals surface area (Å²) in [6.45, 7) is 3.45. The molecule has 1 N–H and O–H groups in total. The van der Waals surface area contributed by atoms with E-state index >= 15 is 0 Å². The zero-order valence-electron chi connectivity index (χ0n) is 12.6. The van der Waals surface area contributed by atoms with Gasteiger partial charge in [-0.15, -0.1) is 0 Å². The van der Waals surface area contributed by atoms with E-state index in [0.29, 0.717) is 17.3 Å². The lowest BCUT2D eigenvalue weighted by Gasteiger charge is -2.13. The molecule has 0 saturated heterocycles. The van der Waals surface area contributed by atoms with Crippen LogP contribution >= 0.6 is 0 Å². The standard InChI is InChI=1S/C15H17N3O4/c1-10-4-5-12(21-10)6-7-15(20)18(3)9-14(19)16-13-8-11(2)22-17-13/h4-8H,9H2,1-3H3,(H,16,17,19). The molecule has 0 bridgehead atoms. The number of nitrogens with zero attached hydrogens (tertiary/aromatic N) is 2. The van der Waals surface area contributed by atoms with E-state index in [1.165, 1.54) is 18.0 Å². The van der Waals surface area contributed by atoms with Gasteiger partial charge in [-0.2, -0.15) is 0 Å². The van der Waals surface area contributed by atoms with Crippen LogP contribution < -0.4 is 5.32 Å². The minimum atomic E-state index is -0.355. The fraction of sp³-hybridized carbons (Fsp3) is 0.267. The van der Waals surface area contributed by atoms with Crippen LogP contribution in [0.25, 0.3) is 6.08 Å². The molecule has 0 radical (unpaired) electrons. The SMILES string of the molecule is Cc1cc(NC(=O)CN(C)C(=O)C=Cc2ccc(C)o2)no1. The second-order valence-corrected chi connectivity index (χ2v) is 4.85. The summed E-state index contributed by atoms with van der Waals surface area (Å²) in [5, 5.41) is 6.19. The maximum absolute atomic E-state index is 11.9. The summed E-state index contributed by atoms with van der Waals surface area (Å²) in [6, 6.07) is 5.17. The summed E-state index contributed by atoms with van der Waals surface area (Å²) in [5.41, 5.74) is 0. The van der Waals surface area contributed by atoms with Gasteiger partial charge in [0.15, 0.2) is 5.82 Å². The van der Waals surface area contributed by atoms with E-state index in [4.69, 9.17) is 8.94 Å². The highest BCUT2D eigenvalue weighted by Crippen LogP contribution is 2.09. The van der Waals surface area contributed by atoms with Gasteiger partial charge in [-0.1, -0.05) is 5.16 Å². The lowest BCUT2D eigenvalue weighted by Crippen LogP contribution is -2.33. The van der Waals surface area contributed by atoms with Crippen LogP contribution in [0.5, 0.6) is 0 Å². The highest BCUT2D eigenvalue weighted by molar-refractivity contribution is 5.97. The first-order valence-corrected chi connectivity index (χ1v) is 6.67. The molecule has 2 rings (SSSR count). The van der Waals surface area contributed by atoms with Gasteiger partial charge in [-0.25, -0.2) is 0 Å². The Bertz CT molecular complexity index is 699. The minimum absolute atomic E-state index is 0.0910. The average molecular weight is 303 g/mol. The fourth-order valence-corrected chi connectivity index (χ4v) is 1.72. The van der Waals surface area contributed by atoms with Crippen molar-refractivity contribution in [1.29, 1.82) is 0 Å². The maximum atomic E-state index is 11.9. The summed E-state index contributed by atoms with van der Waals surface area (Å²) < 4.78 is 10.2.